The molecule has 1 atom stereocenters. The summed E-state index contributed by atoms with van der Waals surface area (Å²) < 4.78 is 39.6. The fourth-order valence-electron chi connectivity index (χ4n) is 1.84. The van der Waals surface area contributed by atoms with Crippen molar-refractivity contribution in [2.45, 2.75) is 11.8 Å². The number of halogens is 2. The second-order valence-corrected chi connectivity index (χ2v) is 5.79. The molecular weight excluding hydrogens is 284 g/mol. The lowest BCUT2D eigenvalue weighted by Crippen LogP contribution is -2.43. The van der Waals surface area contributed by atoms with E-state index >= 15 is 0 Å². The van der Waals surface area contributed by atoms with Crippen LogP contribution in [0.25, 0.3) is 11.3 Å². The average molecular weight is 298 g/mol. The van der Waals surface area contributed by atoms with Crippen LogP contribution in [0.15, 0.2) is 41.4 Å². The Labute approximate surface area is 119 Å². The van der Waals surface area contributed by atoms with Gasteiger partial charge < -0.3 is 4.55 Å². The SMILES string of the molecule is CC[S+]([O-])c1ccc(-c2cc(F)cc(F)c2)[n+](OC)c1. The molecule has 0 aliphatic heterocycles. The maximum Gasteiger partial charge on any atom is 0.277 e. The van der Waals surface area contributed by atoms with Gasteiger partial charge in [0.05, 0.1) is 5.56 Å². The smallest absolute Gasteiger partial charge is 0.277 e. The zero-order valence-electron chi connectivity index (χ0n) is 11.1. The van der Waals surface area contributed by atoms with E-state index in [0.717, 1.165) is 6.07 Å². The monoisotopic (exact) mass is 298 g/mol. The molecule has 2 aromatic rings. The Morgan fingerprint density at radius 1 is 1.20 bits per heavy atom. The minimum atomic E-state index is -1.12. The van der Waals surface area contributed by atoms with Crippen LogP contribution in [0.3, 0.4) is 0 Å². The van der Waals surface area contributed by atoms with Crippen molar-refractivity contribution in [3.05, 3.63) is 48.2 Å². The molecule has 0 aliphatic carbocycles. The van der Waals surface area contributed by atoms with Crippen molar-refractivity contribution >= 4 is 11.2 Å². The zero-order valence-corrected chi connectivity index (χ0v) is 11.9. The molecular formula is C14H14F2NO2S+. The first-order chi connectivity index (χ1) is 9.55. The fourth-order valence-corrected chi connectivity index (χ4v) is 2.61. The molecule has 0 bridgehead atoms. The molecule has 0 N–H and O–H groups in total. The van der Waals surface area contributed by atoms with Gasteiger partial charge in [0.1, 0.15) is 24.5 Å². The Hall–Kier alpha value is -1.66. The third-order valence-electron chi connectivity index (χ3n) is 2.77. The van der Waals surface area contributed by atoms with Gasteiger partial charge in [-0.3, -0.25) is 4.84 Å². The number of aromatic nitrogens is 1. The van der Waals surface area contributed by atoms with Crippen LogP contribution in [0.5, 0.6) is 0 Å². The molecule has 2 rings (SSSR count). The zero-order chi connectivity index (χ0) is 14.7. The number of rotatable bonds is 4. The van der Waals surface area contributed by atoms with Crippen LogP contribution >= 0.6 is 0 Å². The van der Waals surface area contributed by atoms with E-state index < -0.39 is 22.8 Å². The molecule has 1 unspecified atom stereocenters. The van der Waals surface area contributed by atoms with Crippen LogP contribution in [-0.4, -0.2) is 17.4 Å². The van der Waals surface area contributed by atoms with Crippen molar-refractivity contribution in [1.29, 1.82) is 0 Å². The van der Waals surface area contributed by atoms with E-state index in [4.69, 9.17) is 4.84 Å². The van der Waals surface area contributed by atoms with E-state index in [0.29, 0.717) is 21.9 Å². The number of benzene rings is 1. The van der Waals surface area contributed by atoms with Gasteiger partial charge in [-0.1, -0.05) is 0 Å². The van der Waals surface area contributed by atoms with Crippen molar-refractivity contribution in [3.63, 3.8) is 0 Å². The van der Waals surface area contributed by atoms with Gasteiger partial charge in [0.15, 0.2) is 0 Å². The summed E-state index contributed by atoms with van der Waals surface area (Å²) >= 11 is -1.12. The van der Waals surface area contributed by atoms with Crippen molar-refractivity contribution in [2.75, 3.05) is 12.9 Å². The number of hydrogen-bond donors (Lipinski definition) is 0. The standard InChI is InChI=1S/C14H14F2NO2S/c1-3-20(18)13-4-5-14(17(9-13)19-2)10-6-11(15)8-12(16)7-10/h4-9H,3H2,1-2H3/q+1. The predicted molar refractivity (Wildman–Crippen MR) is 71.4 cm³/mol. The molecule has 0 amide bonds. The molecule has 1 heterocycles. The molecule has 106 valence electrons. The third kappa shape index (κ3) is 3.08. The summed E-state index contributed by atoms with van der Waals surface area (Å²) in [6.45, 7) is 1.81. The van der Waals surface area contributed by atoms with E-state index in [2.05, 4.69) is 0 Å². The average Bonchev–Trinajstić information content (AvgIpc) is 2.44. The Kier molecular flexibility index (Phi) is 4.57. The quantitative estimate of drug-likeness (QED) is 0.640. The summed E-state index contributed by atoms with van der Waals surface area (Å²) in [6.07, 6.45) is 1.55. The largest absolute Gasteiger partial charge is 0.611 e. The van der Waals surface area contributed by atoms with E-state index in [1.165, 1.54) is 24.0 Å². The normalized spacial score (nSPS) is 12.2. The van der Waals surface area contributed by atoms with Crippen LogP contribution in [0.2, 0.25) is 0 Å². The van der Waals surface area contributed by atoms with Gasteiger partial charge in [-0.2, -0.15) is 0 Å². The molecule has 1 aromatic heterocycles. The summed E-state index contributed by atoms with van der Waals surface area (Å²) in [5.74, 6) is -0.842. The Bertz CT molecular complexity index is 602. The Balaban J connectivity index is 2.51. The summed E-state index contributed by atoms with van der Waals surface area (Å²) in [5.41, 5.74) is 0.820. The van der Waals surface area contributed by atoms with Crippen LogP contribution in [0.1, 0.15) is 6.92 Å². The molecule has 0 saturated carbocycles. The third-order valence-corrected chi connectivity index (χ3v) is 4.06. The van der Waals surface area contributed by atoms with E-state index in [-0.39, 0.29) is 0 Å². The lowest BCUT2D eigenvalue weighted by atomic mass is 10.1. The summed E-state index contributed by atoms with van der Waals surface area (Å²) in [6, 6.07) is 6.52. The Morgan fingerprint density at radius 3 is 2.40 bits per heavy atom. The molecule has 0 aliphatic rings. The minimum Gasteiger partial charge on any atom is -0.611 e. The van der Waals surface area contributed by atoms with Crippen LogP contribution in [0.4, 0.5) is 8.78 Å². The maximum absolute atomic E-state index is 13.3. The van der Waals surface area contributed by atoms with Gasteiger partial charge >= 0.3 is 0 Å². The number of nitrogens with zero attached hydrogens (tertiary/aromatic N) is 1. The fraction of sp³-hybridized carbons (Fsp3) is 0.214. The van der Waals surface area contributed by atoms with E-state index in [9.17, 15) is 13.3 Å². The second kappa shape index (κ2) is 6.19. The predicted octanol–water partition coefficient (Wildman–Crippen LogP) is 2.11. The van der Waals surface area contributed by atoms with Crippen LogP contribution in [0, 0.1) is 11.6 Å². The molecule has 0 saturated heterocycles. The lowest BCUT2D eigenvalue weighted by molar-refractivity contribution is -0.878. The van der Waals surface area contributed by atoms with Gasteiger partial charge in [0, 0.05) is 22.9 Å². The first-order valence-corrected chi connectivity index (χ1v) is 7.32. The summed E-state index contributed by atoms with van der Waals surface area (Å²) in [5, 5.41) is 0. The van der Waals surface area contributed by atoms with Gasteiger partial charge in [0.25, 0.3) is 11.9 Å². The van der Waals surface area contributed by atoms with Gasteiger partial charge in [-0.15, -0.1) is 0 Å². The van der Waals surface area contributed by atoms with Gasteiger partial charge in [-0.05, 0) is 30.2 Å². The first-order valence-electron chi connectivity index (χ1n) is 6.00. The highest BCUT2D eigenvalue weighted by Gasteiger charge is 2.21. The molecule has 0 radical (unpaired) electrons. The highest BCUT2D eigenvalue weighted by Crippen LogP contribution is 2.20. The topological polar surface area (TPSA) is 36.2 Å². The molecule has 3 nitrogen and oxygen atoms in total. The minimum absolute atomic E-state index is 0.346. The van der Waals surface area contributed by atoms with Gasteiger partial charge in [-0.25, -0.2) is 8.78 Å². The van der Waals surface area contributed by atoms with E-state index in [1.807, 2.05) is 6.92 Å². The van der Waals surface area contributed by atoms with Crippen molar-refractivity contribution in [3.8, 4) is 11.3 Å². The van der Waals surface area contributed by atoms with Crippen LogP contribution in [-0.2, 0) is 11.2 Å². The van der Waals surface area contributed by atoms with Crippen molar-refractivity contribution < 1.29 is 22.9 Å². The maximum atomic E-state index is 13.3. The Morgan fingerprint density at radius 2 is 1.85 bits per heavy atom. The first kappa shape index (κ1) is 14.7. The van der Waals surface area contributed by atoms with Crippen LogP contribution < -0.4 is 9.57 Å². The molecule has 0 spiro atoms. The van der Waals surface area contributed by atoms with Crippen molar-refractivity contribution in [2.24, 2.45) is 0 Å². The van der Waals surface area contributed by atoms with Crippen molar-refractivity contribution in [1.82, 2.24) is 0 Å². The second-order valence-electron chi connectivity index (χ2n) is 4.05. The molecule has 20 heavy (non-hydrogen) atoms. The molecule has 1 aromatic carbocycles. The summed E-state index contributed by atoms with van der Waals surface area (Å²) in [7, 11) is 1.43. The molecule has 0 fully saturated rings. The number of hydrogen-bond acceptors (Lipinski definition) is 2. The summed E-state index contributed by atoms with van der Waals surface area (Å²) in [4.78, 5) is 5.74. The highest BCUT2D eigenvalue weighted by atomic mass is 32.2. The number of pyridine rings is 1. The molecule has 6 heteroatoms. The lowest BCUT2D eigenvalue weighted by Gasteiger charge is -2.07. The highest BCUT2D eigenvalue weighted by molar-refractivity contribution is 7.91. The van der Waals surface area contributed by atoms with E-state index in [1.54, 1.807) is 18.3 Å². The van der Waals surface area contributed by atoms with Gasteiger partial charge in [0.2, 0.25) is 4.90 Å².